The standard InChI is InChI=1S/C34H44O4/c1-20(31(37)38)21-12-11-13-22(14-21)23-15-24(29(35)27(18-23)33(5,6)7)16-25-17-26(32(2,3)4)19-28(30(25)36)34(8,9)10/h11-15,17-20,35-36H,16H2,1-10H3,(H,37,38). The molecule has 204 valence electrons. The van der Waals surface area contributed by atoms with E-state index in [2.05, 4.69) is 74.4 Å². The first kappa shape index (κ1) is 29.3. The van der Waals surface area contributed by atoms with Gasteiger partial charge < -0.3 is 15.3 Å². The first-order valence-electron chi connectivity index (χ1n) is 13.4. The van der Waals surface area contributed by atoms with Crippen LogP contribution in [0.2, 0.25) is 0 Å². The maximum absolute atomic E-state index is 11.6. The molecule has 4 nitrogen and oxygen atoms in total. The average molecular weight is 517 g/mol. The number of phenolic OH excluding ortho intramolecular Hbond substituents is 2. The Morgan fingerprint density at radius 2 is 1.24 bits per heavy atom. The molecule has 0 saturated heterocycles. The van der Waals surface area contributed by atoms with Crippen LogP contribution in [0.15, 0.2) is 48.5 Å². The highest BCUT2D eigenvalue weighted by Gasteiger charge is 2.27. The predicted molar refractivity (Wildman–Crippen MR) is 157 cm³/mol. The molecule has 1 atom stereocenters. The van der Waals surface area contributed by atoms with Crippen molar-refractivity contribution < 1.29 is 20.1 Å². The molecule has 0 aromatic heterocycles. The van der Waals surface area contributed by atoms with Gasteiger partial charge in [0.15, 0.2) is 0 Å². The van der Waals surface area contributed by atoms with E-state index in [0.29, 0.717) is 6.42 Å². The van der Waals surface area contributed by atoms with Gasteiger partial charge in [-0.3, -0.25) is 4.79 Å². The number of carboxylic acids is 1. The molecule has 3 aromatic carbocycles. The van der Waals surface area contributed by atoms with Gasteiger partial charge in [0.25, 0.3) is 0 Å². The largest absolute Gasteiger partial charge is 0.507 e. The Labute approximate surface area is 228 Å². The first-order chi connectivity index (χ1) is 17.3. The fraction of sp³-hybridized carbons (Fsp3) is 0.441. The molecule has 0 heterocycles. The Morgan fingerprint density at radius 1 is 0.711 bits per heavy atom. The number of benzene rings is 3. The topological polar surface area (TPSA) is 77.8 Å². The van der Waals surface area contributed by atoms with Gasteiger partial charge in [-0.1, -0.05) is 98.7 Å². The summed E-state index contributed by atoms with van der Waals surface area (Å²) in [7, 11) is 0. The van der Waals surface area contributed by atoms with Gasteiger partial charge in [0.2, 0.25) is 0 Å². The normalized spacial score (nSPS) is 13.4. The number of aromatic hydroxyl groups is 2. The van der Waals surface area contributed by atoms with E-state index in [9.17, 15) is 20.1 Å². The molecule has 0 radical (unpaired) electrons. The van der Waals surface area contributed by atoms with Crippen LogP contribution in [0.5, 0.6) is 11.5 Å². The van der Waals surface area contributed by atoms with Crippen molar-refractivity contribution in [1.82, 2.24) is 0 Å². The van der Waals surface area contributed by atoms with E-state index >= 15 is 0 Å². The SMILES string of the molecule is CC(C(=O)O)c1cccc(-c2cc(Cc3cc(C(C)(C)C)cc(C(C)(C)C)c3O)c(O)c(C(C)(C)C)c2)c1. The summed E-state index contributed by atoms with van der Waals surface area (Å²) < 4.78 is 0. The Balaban J connectivity index is 2.25. The second-order valence-electron chi connectivity index (χ2n) is 13.7. The molecule has 0 aliphatic rings. The number of hydrogen-bond acceptors (Lipinski definition) is 3. The van der Waals surface area contributed by atoms with Crippen LogP contribution in [0.4, 0.5) is 0 Å². The molecule has 0 spiro atoms. The third kappa shape index (κ3) is 6.23. The number of phenols is 2. The van der Waals surface area contributed by atoms with Gasteiger partial charge in [-0.05, 0) is 74.2 Å². The summed E-state index contributed by atoms with van der Waals surface area (Å²) in [6, 6.07) is 15.7. The van der Waals surface area contributed by atoms with Crippen molar-refractivity contribution >= 4 is 5.97 Å². The van der Waals surface area contributed by atoms with E-state index in [1.807, 2.05) is 36.4 Å². The molecule has 3 rings (SSSR count). The minimum atomic E-state index is -0.868. The fourth-order valence-corrected chi connectivity index (χ4v) is 4.74. The van der Waals surface area contributed by atoms with E-state index in [0.717, 1.165) is 44.5 Å². The van der Waals surface area contributed by atoms with Gasteiger partial charge in [-0.15, -0.1) is 0 Å². The molecule has 0 saturated carbocycles. The van der Waals surface area contributed by atoms with Crippen molar-refractivity contribution in [3.63, 3.8) is 0 Å². The highest BCUT2D eigenvalue weighted by molar-refractivity contribution is 5.77. The second kappa shape index (κ2) is 10.1. The van der Waals surface area contributed by atoms with Crippen molar-refractivity contribution in [2.45, 2.75) is 97.8 Å². The van der Waals surface area contributed by atoms with Gasteiger partial charge in [0.05, 0.1) is 5.92 Å². The van der Waals surface area contributed by atoms with E-state index in [4.69, 9.17) is 0 Å². The van der Waals surface area contributed by atoms with Gasteiger partial charge >= 0.3 is 5.97 Å². The van der Waals surface area contributed by atoms with Crippen LogP contribution in [-0.2, 0) is 27.5 Å². The zero-order valence-electron chi connectivity index (χ0n) is 24.7. The molecule has 3 N–H and O–H groups in total. The van der Waals surface area contributed by atoms with Crippen molar-refractivity contribution in [3.8, 4) is 22.6 Å². The average Bonchev–Trinajstić information content (AvgIpc) is 2.78. The van der Waals surface area contributed by atoms with E-state index < -0.39 is 11.9 Å². The van der Waals surface area contributed by atoms with Crippen LogP contribution in [0.3, 0.4) is 0 Å². The third-order valence-corrected chi connectivity index (χ3v) is 7.33. The van der Waals surface area contributed by atoms with Gasteiger partial charge in [0, 0.05) is 12.0 Å². The lowest BCUT2D eigenvalue weighted by molar-refractivity contribution is -0.138. The Kier molecular flexibility index (Phi) is 7.81. The number of rotatable bonds is 5. The van der Waals surface area contributed by atoms with Crippen LogP contribution < -0.4 is 0 Å². The number of carboxylic acid groups (broad SMARTS) is 1. The monoisotopic (exact) mass is 516 g/mol. The molecule has 0 aliphatic carbocycles. The summed E-state index contributed by atoms with van der Waals surface area (Å²) in [5, 5.41) is 32.4. The molecular formula is C34H44O4. The highest BCUT2D eigenvalue weighted by Crippen LogP contribution is 2.42. The summed E-state index contributed by atoms with van der Waals surface area (Å²) in [6.07, 6.45) is 0.368. The zero-order valence-corrected chi connectivity index (χ0v) is 24.7. The quantitative estimate of drug-likeness (QED) is 0.318. The lowest BCUT2D eigenvalue weighted by Crippen LogP contribution is -2.17. The lowest BCUT2D eigenvalue weighted by atomic mass is 9.77. The minimum Gasteiger partial charge on any atom is -0.507 e. The van der Waals surface area contributed by atoms with Crippen LogP contribution >= 0.6 is 0 Å². The number of aliphatic carboxylic acids is 1. The summed E-state index contributed by atoms with van der Waals surface area (Å²) in [5.74, 6) is -0.992. The highest BCUT2D eigenvalue weighted by atomic mass is 16.4. The minimum absolute atomic E-state index is 0.107. The molecular weight excluding hydrogens is 472 g/mol. The van der Waals surface area contributed by atoms with Crippen molar-refractivity contribution in [2.75, 3.05) is 0 Å². The molecule has 0 bridgehead atoms. The van der Waals surface area contributed by atoms with Crippen LogP contribution in [0.25, 0.3) is 11.1 Å². The number of hydrogen-bond donors (Lipinski definition) is 3. The van der Waals surface area contributed by atoms with Crippen molar-refractivity contribution in [3.05, 3.63) is 81.9 Å². The maximum Gasteiger partial charge on any atom is 0.310 e. The Morgan fingerprint density at radius 3 is 1.74 bits per heavy atom. The van der Waals surface area contributed by atoms with Crippen LogP contribution in [0, 0.1) is 0 Å². The Bertz CT molecular complexity index is 1340. The fourth-order valence-electron chi connectivity index (χ4n) is 4.74. The van der Waals surface area contributed by atoms with Crippen LogP contribution in [-0.4, -0.2) is 21.3 Å². The number of carbonyl (C=O) groups is 1. The molecule has 1 unspecified atom stereocenters. The zero-order chi connectivity index (χ0) is 28.8. The summed E-state index contributed by atoms with van der Waals surface area (Å²) in [6.45, 7) is 20.7. The summed E-state index contributed by atoms with van der Waals surface area (Å²) in [5.41, 5.74) is 6.19. The lowest BCUT2D eigenvalue weighted by Gasteiger charge is -2.28. The second-order valence-corrected chi connectivity index (χ2v) is 13.7. The Hall–Kier alpha value is -3.27. The van der Waals surface area contributed by atoms with E-state index in [1.165, 1.54) is 0 Å². The molecule has 38 heavy (non-hydrogen) atoms. The van der Waals surface area contributed by atoms with Gasteiger partial charge in [-0.25, -0.2) is 0 Å². The smallest absolute Gasteiger partial charge is 0.310 e. The van der Waals surface area contributed by atoms with Gasteiger partial charge in [0.1, 0.15) is 11.5 Å². The molecule has 0 fully saturated rings. The molecule has 0 amide bonds. The molecule has 0 aliphatic heterocycles. The summed E-state index contributed by atoms with van der Waals surface area (Å²) >= 11 is 0. The van der Waals surface area contributed by atoms with Crippen LogP contribution in [0.1, 0.15) is 109 Å². The van der Waals surface area contributed by atoms with Gasteiger partial charge in [-0.2, -0.15) is 0 Å². The van der Waals surface area contributed by atoms with Crippen molar-refractivity contribution in [1.29, 1.82) is 0 Å². The van der Waals surface area contributed by atoms with Crippen molar-refractivity contribution in [2.24, 2.45) is 0 Å². The third-order valence-electron chi connectivity index (χ3n) is 7.33. The first-order valence-corrected chi connectivity index (χ1v) is 13.4. The maximum atomic E-state index is 11.6. The van der Waals surface area contributed by atoms with E-state index in [1.54, 1.807) is 6.92 Å². The molecule has 3 aromatic rings. The predicted octanol–water partition coefficient (Wildman–Crippen LogP) is 8.44. The van der Waals surface area contributed by atoms with E-state index in [-0.39, 0.29) is 27.7 Å². The molecule has 4 heteroatoms. The summed E-state index contributed by atoms with van der Waals surface area (Å²) in [4.78, 5) is 11.6.